The summed E-state index contributed by atoms with van der Waals surface area (Å²) < 4.78 is 0. The lowest BCUT2D eigenvalue weighted by molar-refractivity contribution is 0.0761. The van der Waals surface area contributed by atoms with E-state index in [0.717, 1.165) is 37.2 Å². The van der Waals surface area contributed by atoms with Crippen LogP contribution in [0.4, 0.5) is 5.69 Å². The van der Waals surface area contributed by atoms with Gasteiger partial charge in [0.25, 0.3) is 11.8 Å². The van der Waals surface area contributed by atoms with Crippen LogP contribution in [0, 0.1) is 6.92 Å². The molecular weight excluding hydrogens is 336 g/mol. The molecule has 0 saturated carbocycles. The molecule has 27 heavy (non-hydrogen) atoms. The third-order valence-corrected chi connectivity index (χ3v) is 5.15. The minimum atomic E-state index is -0.0446. The molecule has 2 aromatic carbocycles. The maximum absolute atomic E-state index is 12.9. The second-order valence-corrected chi connectivity index (χ2v) is 7.17. The average molecular weight is 364 g/mol. The molecule has 0 bridgehead atoms. The fourth-order valence-corrected chi connectivity index (χ4v) is 3.61. The van der Waals surface area contributed by atoms with Crippen molar-refractivity contribution in [1.82, 2.24) is 4.90 Å². The van der Waals surface area contributed by atoms with E-state index in [1.54, 1.807) is 29.2 Å². The first kappa shape index (κ1) is 19.2. The van der Waals surface area contributed by atoms with E-state index in [1.807, 2.05) is 43.0 Å². The quantitative estimate of drug-likeness (QED) is 0.790. The molecule has 1 heterocycles. The summed E-state index contributed by atoms with van der Waals surface area (Å²) in [6, 6.07) is 15.0. The summed E-state index contributed by atoms with van der Waals surface area (Å²) in [5.74, 6) is 0.0267. The van der Waals surface area contributed by atoms with E-state index >= 15 is 0 Å². The van der Waals surface area contributed by atoms with Crippen LogP contribution >= 0.6 is 0 Å². The minimum Gasteiger partial charge on any atom is -0.339 e. The van der Waals surface area contributed by atoms with Crippen molar-refractivity contribution >= 4 is 17.5 Å². The molecular formula is C23H28N2O2. The molecule has 1 fully saturated rings. The first-order valence-electron chi connectivity index (χ1n) is 9.88. The van der Waals surface area contributed by atoms with Crippen LogP contribution in [0.25, 0.3) is 0 Å². The lowest BCUT2D eigenvalue weighted by atomic mass is 10.1. The number of anilines is 1. The largest absolute Gasteiger partial charge is 0.339 e. The lowest BCUT2D eigenvalue weighted by Gasteiger charge is -2.22. The number of hydrogen-bond donors (Lipinski definition) is 0. The molecule has 0 aliphatic carbocycles. The third kappa shape index (κ3) is 4.57. The standard InChI is InChI=1S/C23H28N2O2/c1-3-25(21-10-8-9-18(2)17-21)23(27)20-13-11-19(12-14-20)22(26)24-15-6-4-5-7-16-24/h8-14,17H,3-7,15-16H2,1-2H3. The molecule has 0 radical (unpaired) electrons. The van der Waals surface area contributed by atoms with Gasteiger partial charge in [0.05, 0.1) is 0 Å². The van der Waals surface area contributed by atoms with Gasteiger partial charge >= 0.3 is 0 Å². The van der Waals surface area contributed by atoms with E-state index in [0.29, 0.717) is 17.7 Å². The Morgan fingerprint density at radius 2 is 1.56 bits per heavy atom. The first-order valence-corrected chi connectivity index (χ1v) is 9.88. The van der Waals surface area contributed by atoms with Crippen LogP contribution in [0.2, 0.25) is 0 Å². The summed E-state index contributed by atoms with van der Waals surface area (Å²) in [6.07, 6.45) is 4.54. The van der Waals surface area contributed by atoms with Crippen molar-refractivity contribution in [3.05, 3.63) is 65.2 Å². The van der Waals surface area contributed by atoms with Gasteiger partial charge in [0, 0.05) is 36.4 Å². The zero-order chi connectivity index (χ0) is 19.2. The number of hydrogen-bond acceptors (Lipinski definition) is 2. The molecule has 2 aromatic rings. The van der Waals surface area contributed by atoms with Crippen molar-refractivity contribution in [2.75, 3.05) is 24.5 Å². The molecule has 4 nitrogen and oxygen atoms in total. The number of carbonyl (C=O) groups is 2. The van der Waals surface area contributed by atoms with Crippen LogP contribution < -0.4 is 4.90 Å². The number of nitrogens with zero attached hydrogens (tertiary/aromatic N) is 2. The molecule has 2 amide bonds. The minimum absolute atomic E-state index is 0.0446. The Hall–Kier alpha value is -2.62. The van der Waals surface area contributed by atoms with Crippen molar-refractivity contribution in [3.8, 4) is 0 Å². The van der Waals surface area contributed by atoms with Crippen LogP contribution in [-0.4, -0.2) is 36.3 Å². The van der Waals surface area contributed by atoms with Gasteiger partial charge in [-0.1, -0.05) is 25.0 Å². The van der Waals surface area contributed by atoms with Gasteiger partial charge in [-0.25, -0.2) is 0 Å². The summed E-state index contributed by atoms with van der Waals surface area (Å²) in [5.41, 5.74) is 3.28. The van der Waals surface area contributed by atoms with Gasteiger partial charge in [-0.15, -0.1) is 0 Å². The summed E-state index contributed by atoms with van der Waals surface area (Å²) in [7, 11) is 0. The molecule has 0 spiro atoms. The number of aryl methyl sites for hydroxylation is 1. The second kappa shape index (κ2) is 8.85. The van der Waals surface area contributed by atoms with Gasteiger partial charge in [0.1, 0.15) is 0 Å². The summed E-state index contributed by atoms with van der Waals surface area (Å²) in [6.45, 7) is 6.24. The van der Waals surface area contributed by atoms with Crippen molar-refractivity contribution in [3.63, 3.8) is 0 Å². The molecule has 0 atom stereocenters. The highest BCUT2D eigenvalue weighted by atomic mass is 16.2. The molecule has 4 heteroatoms. The van der Waals surface area contributed by atoms with E-state index in [2.05, 4.69) is 0 Å². The number of benzene rings is 2. The van der Waals surface area contributed by atoms with Crippen LogP contribution in [0.5, 0.6) is 0 Å². The molecule has 0 N–H and O–H groups in total. The maximum atomic E-state index is 12.9. The van der Waals surface area contributed by atoms with Crippen LogP contribution in [0.1, 0.15) is 58.9 Å². The van der Waals surface area contributed by atoms with Gasteiger partial charge in [0.2, 0.25) is 0 Å². The number of rotatable bonds is 4. The van der Waals surface area contributed by atoms with Gasteiger partial charge in [0.15, 0.2) is 0 Å². The Kier molecular flexibility index (Phi) is 6.28. The monoisotopic (exact) mass is 364 g/mol. The Morgan fingerprint density at radius 1 is 0.926 bits per heavy atom. The van der Waals surface area contributed by atoms with E-state index < -0.39 is 0 Å². The SMILES string of the molecule is CCN(C(=O)c1ccc(C(=O)N2CCCCCC2)cc1)c1cccc(C)c1. The summed E-state index contributed by atoms with van der Waals surface area (Å²) in [4.78, 5) is 29.4. The fraction of sp³-hybridized carbons (Fsp3) is 0.391. The maximum Gasteiger partial charge on any atom is 0.258 e. The molecule has 3 rings (SSSR count). The van der Waals surface area contributed by atoms with Gasteiger partial charge in [-0.2, -0.15) is 0 Å². The van der Waals surface area contributed by atoms with Crippen LogP contribution in [0.3, 0.4) is 0 Å². The zero-order valence-corrected chi connectivity index (χ0v) is 16.3. The normalized spacial score (nSPS) is 14.5. The molecule has 1 aliphatic heterocycles. The van der Waals surface area contributed by atoms with Gasteiger partial charge in [-0.3, -0.25) is 9.59 Å². The number of likely N-dealkylation sites (tertiary alicyclic amines) is 1. The third-order valence-electron chi connectivity index (χ3n) is 5.15. The zero-order valence-electron chi connectivity index (χ0n) is 16.3. The summed E-state index contributed by atoms with van der Waals surface area (Å²) >= 11 is 0. The first-order chi connectivity index (χ1) is 13.1. The van der Waals surface area contributed by atoms with Gasteiger partial charge < -0.3 is 9.80 Å². The molecule has 1 aliphatic rings. The van der Waals surface area contributed by atoms with E-state index in [4.69, 9.17) is 0 Å². The van der Waals surface area contributed by atoms with E-state index in [-0.39, 0.29) is 11.8 Å². The average Bonchev–Trinajstić information content (AvgIpc) is 2.98. The highest BCUT2D eigenvalue weighted by Gasteiger charge is 2.19. The molecule has 1 saturated heterocycles. The van der Waals surface area contributed by atoms with Gasteiger partial charge in [-0.05, 0) is 68.7 Å². The smallest absolute Gasteiger partial charge is 0.258 e. The van der Waals surface area contributed by atoms with Crippen LogP contribution in [0.15, 0.2) is 48.5 Å². The Morgan fingerprint density at radius 3 is 2.15 bits per heavy atom. The Bertz CT molecular complexity index is 790. The number of carbonyl (C=O) groups excluding carboxylic acids is 2. The predicted octanol–water partition coefficient (Wildman–Crippen LogP) is 4.68. The Labute approximate surface area is 161 Å². The van der Waals surface area contributed by atoms with Crippen molar-refractivity contribution in [2.24, 2.45) is 0 Å². The summed E-state index contributed by atoms with van der Waals surface area (Å²) in [5, 5.41) is 0. The molecule has 142 valence electrons. The van der Waals surface area contributed by atoms with Crippen molar-refractivity contribution < 1.29 is 9.59 Å². The highest BCUT2D eigenvalue weighted by molar-refractivity contribution is 6.06. The molecule has 0 unspecified atom stereocenters. The van der Waals surface area contributed by atoms with Crippen molar-refractivity contribution in [1.29, 1.82) is 0 Å². The topological polar surface area (TPSA) is 40.6 Å². The number of amides is 2. The van der Waals surface area contributed by atoms with Crippen molar-refractivity contribution in [2.45, 2.75) is 39.5 Å². The predicted molar refractivity (Wildman–Crippen MR) is 109 cm³/mol. The highest BCUT2D eigenvalue weighted by Crippen LogP contribution is 2.20. The lowest BCUT2D eigenvalue weighted by Crippen LogP contribution is -2.32. The second-order valence-electron chi connectivity index (χ2n) is 7.17. The molecule has 0 aromatic heterocycles. The van der Waals surface area contributed by atoms with Crippen LogP contribution in [-0.2, 0) is 0 Å². The van der Waals surface area contributed by atoms with E-state index in [1.165, 1.54) is 12.8 Å². The van der Waals surface area contributed by atoms with E-state index in [9.17, 15) is 9.59 Å². The Balaban J connectivity index is 1.75. The fourth-order valence-electron chi connectivity index (χ4n) is 3.61.